The zero-order valence-electron chi connectivity index (χ0n) is 9.35. The van der Waals surface area contributed by atoms with Crippen molar-refractivity contribution < 1.29 is 0 Å². The molecule has 0 aliphatic carbocycles. The summed E-state index contributed by atoms with van der Waals surface area (Å²) in [5.74, 6) is 0. The van der Waals surface area contributed by atoms with E-state index in [9.17, 15) is 0 Å². The zero-order chi connectivity index (χ0) is 12.1. The van der Waals surface area contributed by atoms with E-state index in [0.717, 1.165) is 22.2 Å². The summed E-state index contributed by atoms with van der Waals surface area (Å²) in [6.45, 7) is 3.63. The number of allylic oxidation sites excluding steroid dienone is 2. The molecule has 2 N–H and O–H groups in total. The molecule has 2 aromatic rings. The average Bonchev–Trinajstić information content (AvgIpc) is 2.40. The number of nitrogens with zero attached hydrogens (tertiary/aromatic N) is 1. The second-order valence-corrected chi connectivity index (χ2v) is 3.51. The molecular weight excluding hydrogens is 210 g/mol. The fourth-order valence-electron chi connectivity index (χ4n) is 1.55. The van der Waals surface area contributed by atoms with Gasteiger partial charge in [-0.2, -0.15) is 0 Å². The molecule has 3 heteroatoms. The molecule has 0 spiro atoms. The van der Waals surface area contributed by atoms with Crippen LogP contribution in [0.3, 0.4) is 0 Å². The molecule has 0 aliphatic rings. The zero-order valence-corrected chi connectivity index (χ0v) is 9.35. The van der Waals surface area contributed by atoms with Gasteiger partial charge in [0.2, 0.25) is 0 Å². The SMILES string of the molecule is C=C/C(C=N)=C/Nc1cccc2ncccc12. The van der Waals surface area contributed by atoms with E-state index in [0.29, 0.717) is 0 Å². The Labute approximate surface area is 100 Å². The topological polar surface area (TPSA) is 48.8 Å². The van der Waals surface area contributed by atoms with Crippen LogP contribution in [0.4, 0.5) is 5.69 Å². The highest BCUT2D eigenvalue weighted by Crippen LogP contribution is 2.21. The van der Waals surface area contributed by atoms with Crippen LogP contribution < -0.4 is 5.32 Å². The number of aromatic nitrogens is 1. The van der Waals surface area contributed by atoms with Crippen molar-refractivity contribution in [3.8, 4) is 0 Å². The van der Waals surface area contributed by atoms with Gasteiger partial charge in [0.15, 0.2) is 0 Å². The number of hydrogen-bond acceptors (Lipinski definition) is 3. The molecule has 3 nitrogen and oxygen atoms in total. The first-order valence-corrected chi connectivity index (χ1v) is 5.28. The van der Waals surface area contributed by atoms with Gasteiger partial charge in [-0.3, -0.25) is 4.98 Å². The van der Waals surface area contributed by atoms with Gasteiger partial charge in [0.05, 0.1) is 5.52 Å². The summed E-state index contributed by atoms with van der Waals surface area (Å²) in [6, 6.07) is 9.81. The molecule has 0 aliphatic heterocycles. The lowest BCUT2D eigenvalue weighted by Gasteiger charge is -2.05. The van der Waals surface area contributed by atoms with Gasteiger partial charge in [-0.05, 0) is 24.3 Å². The minimum Gasteiger partial charge on any atom is -0.360 e. The van der Waals surface area contributed by atoms with Crippen LogP contribution >= 0.6 is 0 Å². The predicted octanol–water partition coefficient (Wildman–Crippen LogP) is 3.37. The van der Waals surface area contributed by atoms with Crippen molar-refractivity contribution in [2.75, 3.05) is 5.32 Å². The largest absolute Gasteiger partial charge is 0.360 e. The predicted molar refractivity (Wildman–Crippen MR) is 72.4 cm³/mol. The molecule has 2 rings (SSSR count). The summed E-state index contributed by atoms with van der Waals surface area (Å²) in [5.41, 5.74) is 2.64. The third-order valence-electron chi connectivity index (χ3n) is 2.44. The van der Waals surface area contributed by atoms with E-state index in [-0.39, 0.29) is 0 Å². The fraction of sp³-hybridized carbons (Fsp3) is 0. The molecule has 1 aromatic carbocycles. The van der Waals surface area contributed by atoms with E-state index >= 15 is 0 Å². The minimum atomic E-state index is 0.728. The summed E-state index contributed by atoms with van der Waals surface area (Å²) in [4.78, 5) is 4.28. The van der Waals surface area contributed by atoms with E-state index in [4.69, 9.17) is 5.41 Å². The molecule has 0 unspecified atom stereocenters. The lowest BCUT2D eigenvalue weighted by Crippen LogP contribution is -1.92. The Morgan fingerprint density at radius 1 is 1.29 bits per heavy atom. The van der Waals surface area contributed by atoms with Gasteiger partial charge < -0.3 is 10.7 Å². The highest BCUT2D eigenvalue weighted by molar-refractivity contribution is 5.92. The van der Waals surface area contributed by atoms with Crippen molar-refractivity contribution in [2.45, 2.75) is 0 Å². The van der Waals surface area contributed by atoms with Crippen LogP contribution in [0.25, 0.3) is 10.9 Å². The highest BCUT2D eigenvalue weighted by atomic mass is 14.8. The van der Waals surface area contributed by atoms with Crippen LogP contribution in [0, 0.1) is 5.41 Å². The Morgan fingerprint density at radius 2 is 2.18 bits per heavy atom. The Hall–Kier alpha value is -2.42. The molecular formula is C14H13N3. The number of nitrogens with one attached hydrogen (secondary N) is 2. The standard InChI is InChI=1S/C14H13N3/c1-2-11(9-15)10-17-14-7-3-6-13-12(14)5-4-8-16-13/h2-10,15,17H,1H2/b11-10-,15-9?. The Bertz CT molecular complexity index is 570. The molecule has 0 saturated heterocycles. The first-order chi connectivity index (χ1) is 8.35. The lowest BCUT2D eigenvalue weighted by molar-refractivity contribution is 1.41. The summed E-state index contributed by atoms with van der Waals surface area (Å²) < 4.78 is 0. The average molecular weight is 223 g/mol. The van der Waals surface area contributed by atoms with Crippen LogP contribution in [0.15, 0.2) is 61.0 Å². The third-order valence-corrected chi connectivity index (χ3v) is 2.44. The van der Waals surface area contributed by atoms with Crippen LogP contribution in [0.2, 0.25) is 0 Å². The fourth-order valence-corrected chi connectivity index (χ4v) is 1.55. The van der Waals surface area contributed by atoms with Crippen LogP contribution in [-0.2, 0) is 0 Å². The van der Waals surface area contributed by atoms with Crippen molar-refractivity contribution >= 4 is 22.8 Å². The Kier molecular flexibility index (Phi) is 3.31. The van der Waals surface area contributed by atoms with Crippen molar-refractivity contribution in [3.05, 3.63) is 61.0 Å². The minimum absolute atomic E-state index is 0.728. The number of rotatable bonds is 4. The van der Waals surface area contributed by atoms with Crippen molar-refractivity contribution in [1.82, 2.24) is 4.98 Å². The lowest BCUT2D eigenvalue weighted by atomic mass is 10.2. The van der Waals surface area contributed by atoms with Gasteiger partial charge in [-0.15, -0.1) is 0 Å². The monoisotopic (exact) mass is 223 g/mol. The molecule has 0 bridgehead atoms. The smallest absolute Gasteiger partial charge is 0.0722 e. The van der Waals surface area contributed by atoms with Gasteiger partial charge in [-0.25, -0.2) is 0 Å². The summed E-state index contributed by atoms with van der Waals surface area (Å²) >= 11 is 0. The van der Waals surface area contributed by atoms with Crippen LogP contribution in [0.1, 0.15) is 0 Å². The maximum absolute atomic E-state index is 7.17. The number of anilines is 1. The number of pyridine rings is 1. The van der Waals surface area contributed by atoms with E-state index in [1.807, 2.05) is 30.3 Å². The van der Waals surface area contributed by atoms with E-state index < -0.39 is 0 Å². The summed E-state index contributed by atoms with van der Waals surface area (Å²) in [6.07, 6.45) is 6.41. The summed E-state index contributed by atoms with van der Waals surface area (Å²) in [7, 11) is 0. The third kappa shape index (κ3) is 2.39. The first kappa shape index (κ1) is 11.1. The molecule has 0 fully saturated rings. The molecule has 0 saturated carbocycles. The Morgan fingerprint density at radius 3 is 2.94 bits per heavy atom. The number of benzene rings is 1. The van der Waals surface area contributed by atoms with E-state index in [2.05, 4.69) is 16.9 Å². The van der Waals surface area contributed by atoms with Crippen molar-refractivity contribution in [3.63, 3.8) is 0 Å². The molecule has 0 amide bonds. The van der Waals surface area contributed by atoms with Gasteiger partial charge in [-0.1, -0.05) is 18.7 Å². The normalized spacial score (nSPS) is 11.2. The van der Waals surface area contributed by atoms with Crippen molar-refractivity contribution in [1.29, 1.82) is 5.41 Å². The quantitative estimate of drug-likeness (QED) is 0.616. The molecule has 1 heterocycles. The molecule has 17 heavy (non-hydrogen) atoms. The van der Waals surface area contributed by atoms with E-state index in [1.165, 1.54) is 6.21 Å². The summed E-state index contributed by atoms with van der Waals surface area (Å²) in [5, 5.41) is 11.4. The van der Waals surface area contributed by atoms with Gasteiger partial charge in [0.25, 0.3) is 0 Å². The van der Waals surface area contributed by atoms with E-state index in [1.54, 1.807) is 18.5 Å². The number of fused-ring (bicyclic) bond motifs is 1. The molecule has 1 aromatic heterocycles. The molecule has 0 radical (unpaired) electrons. The highest BCUT2D eigenvalue weighted by Gasteiger charge is 1.98. The second kappa shape index (κ2) is 5.07. The van der Waals surface area contributed by atoms with Gasteiger partial charge in [0.1, 0.15) is 0 Å². The van der Waals surface area contributed by atoms with Crippen LogP contribution in [0.5, 0.6) is 0 Å². The Balaban J connectivity index is 2.39. The molecule has 84 valence electrons. The van der Waals surface area contributed by atoms with Gasteiger partial charge >= 0.3 is 0 Å². The maximum Gasteiger partial charge on any atom is 0.0722 e. The van der Waals surface area contributed by atoms with Crippen molar-refractivity contribution in [2.24, 2.45) is 0 Å². The maximum atomic E-state index is 7.17. The molecule has 0 atom stereocenters. The van der Waals surface area contributed by atoms with Crippen LogP contribution in [-0.4, -0.2) is 11.2 Å². The van der Waals surface area contributed by atoms with Gasteiger partial charge in [0, 0.05) is 35.3 Å². The second-order valence-electron chi connectivity index (χ2n) is 3.51. The number of hydrogen-bond donors (Lipinski definition) is 2. The first-order valence-electron chi connectivity index (χ1n) is 5.28.